The molecule has 4 nitrogen and oxygen atoms in total. The lowest BCUT2D eigenvalue weighted by molar-refractivity contribution is -0.146. The molecule has 1 rings (SSSR count). The van der Waals surface area contributed by atoms with E-state index >= 15 is 0 Å². The van der Waals surface area contributed by atoms with Gasteiger partial charge < -0.3 is 15.9 Å². The number of carboxylic acid groups (broad SMARTS) is 1. The van der Waals surface area contributed by atoms with Gasteiger partial charge in [-0.2, -0.15) is 0 Å². The summed E-state index contributed by atoms with van der Waals surface area (Å²) in [6.45, 7) is 1.07. The summed E-state index contributed by atoms with van der Waals surface area (Å²) in [5.41, 5.74) is 3.39. The monoisotopic (exact) mass is 213 g/mol. The van der Waals surface area contributed by atoms with E-state index in [-0.39, 0.29) is 11.3 Å². The fraction of sp³-hybridized carbons (Fsp3) is 0.300. The second-order valence-corrected chi connectivity index (χ2v) is 3.34. The summed E-state index contributed by atoms with van der Waals surface area (Å²) >= 11 is 0. The van der Waals surface area contributed by atoms with Crippen molar-refractivity contribution in [3.8, 4) is 5.75 Å². The van der Waals surface area contributed by atoms with E-state index in [1.807, 2.05) is 0 Å². The number of phenolic OH excluding ortho intramolecular Hbond substituents is 1. The van der Waals surface area contributed by atoms with Gasteiger partial charge >= 0.3 is 5.97 Å². The first kappa shape index (κ1) is 11.5. The molecule has 5 heteroatoms. The predicted molar refractivity (Wildman–Crippen MR) is 52.2 cm³/mol. The van der Waals surface area contributed by atoms with Crippen molar-refractivity contribution >= 4 is 5.97 Å². The molecule has 1 aromatic carbocycles. The molecular formula is C10H12FNO3. The highest BCUT2D eigenvalue weighted by atomic mass is 19.1. The first-order chi connectivity index (χ1) is 6.89. The Morgan fingerprint density at radius 3 is 2.60 bits per heavy atom. The van der Waals surface area contributed by atoms with E-state index < -0.39 is 17.7 Å². The van der Waals surface area contributed by atoms with Crippen LogP contribution in [0.15, 0.2) is 24.3 Å². The van der Waals surface area contributed by atoms with Crippen LogP contribution in [0.5, 0.6) is 5.75 Å². The number of nitrogens with two attached hydrogens (primary N) is 1. The second kappa shape index (κ2) is 3.86. The number of hydrogen-bond donors (Lipinski definition) is 3. The number of benzene rings is 1. The van der Waals surface area contributed by atoms with Crippen molar-refractivity contribution in [1.29, 1.82) is 0 Å². The summed E-state index contributed by atoms with van der Waals surface area (Å²) in [7, 11) is 0. The van der Waals surface area contributed by atoms with Gasteiger partial charge in [-0.25, -0.2) is 9.18 Å². The maximum Gasteiger partial charge on any atom is 0.331 e. The molecule has 2 atom stereocenters. The summed E-state index contributed by atoms with van der Waals surface area (Å²) < 4.78 is 13.2. The van der Waals surface area contributed by atoms with Gasteiger partial charge in [0.15, 0.2) is 5.54 Å². The molecule has 82 valence electrons. The van der Waals surface area contributed by atoms with Crippen molar-refractivity contribution in [2.24, 2.45) is 5.73 Å². The van der Waals surface area contributed by atoms with Gasteiger partial charge in [-0.05, 0) is 24.6 Å². The Hall–Kier alpha value is -1.62. The quantitative estimate of drug-likeness (QED) is 0.699. The lowest BCUT2D eigenvalue weighted by atomic mass is 9.87. The normalized spacial score (nSPS) is 16.7. The zero-order valence-corrected chi connectivity index (χ0v) is 8.14. The molecule has 0 spiro atoms. The van der Waals surface area contributed by atoms with Gasteiger partial charge in [0, 0.05) is 0 Å². The third-order valence-electron chi connectivity index (χ3n) is 2.31. The van der Waals surface area contributed by atoms with E-state index in [1.54, 1.807) is 0 Å². The number of aromatic hydroxyl groups is 1. The van der Waals surface area contributed by atoms with Crippen LogP contribution in [0, 0.1) is 0 Å². The highest BCUT2D eigenvalue weighted by Gasteiger charge is 2.42. The fourth-order valence-corrected chi connectivity index (χ4v) is 1.29. The number of rotatable bonds is 3. The third kappa shape index (κ3) is 1.92. The van der Waals surface area contributed by atoms with Crippen LogP contribution in [-0.4, -0.2) is 22.4 Å². The Balaban J connectivity index is 3.28. The number of halogens is 1. The Kier molecular flexibility index (Phi) is 2.95. The number of carbonyl (C=O) groups is 1. The Labute approximate surface area is 86.1 Å². The Morgan fingerprint density at radius 1 is 1.60 bits per heavy atom. The lowest BCUT2D eigenvalue weighted by Crippen LogP contribution is -2.51. The molecule has 0 heterocycles. The van der Waals surface area contributed by atoms with Crippen molar-refractivity contribution in [3.63, 3.8) is 0 Å². The Morgan fingerprint density at radius 2 is 2.20 bits per heavy atom. The number of hydrogen-bond acceptors (Lipinski definition) is 3. The van der Waals surface area contributed by atoms with Crippen LogP contribution in [-0.2, 0) is 10.3 Å². The van der Waals surface area contributed by atoms with Crippen molar-refractivity contribution in [2.45, 2.75) is 18.6 Å². The number of carboxylic acids is 1. The molecule has 0 bridgehead atoms. The highest BCUT2D eigenvalue weighted by molar-refractivity contribution is 5.81. The van der Waals surface area contributed by atoms with Crippen LogP contribution in [0.4, 0.5) is 4.39 Å². The van der Waals surface area contributed by atoms with E-state index in [2.05, 4.69) is 0 Å². The minimum absolute atomic E-state index is 0.0324. The molecule has 0 aromatic heterocycles. The molecule has 0 aliphatic carbocycles. The van der Waals surface area contributed by atoms with E-state index in [1.165, 1.54) is 18.2 Å². The molecule has 0 aliphatic rings. The molecule has 4 N–H and O–H groups in total. The van der Waals surface area contributed by atoms with Crippen LogP contribution >= 0.6 is 0 Å². The largest absolute Gasteiger partial charge is 0.508 e. The first-order valence-corrected chi connectivity index (χ1v) is 4.35. The first-order valence-electron chi connectivity index (χ1n) is 4.35. The van der Waals surface area contributed by atoms with Crippen LogP contribution in [0.3, 0.4) is 0 Å². The summed E-state index contributed by atoms with van der Waals surface area (Å²) in [6, 6.07) is 5.28. The SMILES string of the molecule is CC(F)C(N)(C(=O)O)c1cccc(O)c1. The molecule has 1 aromatic rings. The topological polar surface area (TPSA) is 83.6 Å². The van der Waals surface area contributed by atoms with E-state index in [0.717, 1.165) is 13.0 Å². The molecule has 0 radical (unpaired) electrons. The van der Waals surface area contributed by atoms with Crippen molar-refractivity contribution in [1.82, 2.24) is 0 Å². The molecule has 0 fully saturated rings. The maximum atomic E-state index is 13.2. The van der Waals surface area contributed by atoms with E-state index in [0.29, 0.717) is 0 Å². The number of alkyl halides is 1. The molecule has 0 amide bonds. The number of phenols is 1. The van der Waals surface area contributed by atoms with Gasteiger partial charge in [-0.15, -0.1) is 0 Å². The van der Waals surface area contributed by atoms with Gasteiger partial charge in [-0.1, -0.05) is 12.1 Å². The number of aliphatic carboxylic acids is 1. The highest BCUT2D eigenvalue weighted by Crippen LogP contribution is 2.27. The van der Waals surface area contributed by atoms with E-state index in [9.17, 15) is 9.18 Å². The van der Waals surface area contributed by atoms with Crippen LogP contribution < -0.4 is 5.73 Å². The van der Waals surface area contributed by atoms with Gasteiger partial charge in [0.05, 0.1) is 0 Å². The van der Waals surface area contributed by atoms with Gasteiger partial charge in [0.1, 0.15) is 11.9 Å². The van der Waals surface area contributed by atoms with Gasteiger partial charge in [-0.3, -0.25) is 0 Å². The summed E-state index contributed by atoms with van der Waals surface area (Å²) in [6.07, 6.45) is -1.77. The molecule has 0 saturated heterocycles. The van der Waals surface area contributed by atoms with Crippen LogP contribution in [0.2, 0.25) is 0 Å². The third-order valence-corrected chi connectivity index (χ3v) is 2.31. The zero-order valence-electron chi connectivity index (χ0n) is 8.14. The standard InChI is InChI=1S/C10H12FNO3/c1-6(11)10(12,9(14)15)7-3-2-4-8(13)5-7/h2-6,13H,12H2,1H3,(H,14,15). The minimum atomic E-state index is -2.13. The average molecular weight is 213 g/mol. The van der Waals surface area contributed by atoms with Crippen molar-refractivity contribution in [2.75, 3.05) is 0 Å². The molecular weight excluding hydrogens is 201 g/mol. The van der Waals surface area contributed by atoms with Gasteiger partial charge in [0.25, 0.3) is 0 Å². The fourth-order valence-electron chi connectivity index (χ4n) is 1.29. The second-order valence-electron chi connectivity index (χ2n) is 3.34. The van der Waals surface area contributed by atoms with Crippen molar-refractivity contribution < 1.29 is 19.4 Å². The summed E-state index contributed by atoms with van der Waals surface area (Å²) in [5.74, 6) is -1.62. The molecule has 15 heavy (non-hydrogen) atoms. The lowest BCUT2D eigenvalue weighted by Gasteiger charge is -2.26. The molecule has 0 aliphatic heterocycles. The molecule has 0 saturated carbocycles. The zero-order chi connectivity index (χ0) is 11.6. The summed E-state index contributed by atoms with van der Waals surface area (Å²) in [4.78, 5) is 10.9. The average Bonchev–Trinajstić information content (AvgIpc) is 2.15. The minimum Gasteiger partial charge on any atom is -0.508 e. The predicted octanol–water partition coefficient (Wildman–Crippen LogP) is 0.989. The van der Waals surface area contributed by atoms with Crippen LogP contribution in [0.25, 0.3) is 0 Å². The van der Waals surface area contributed by atoms with Crippen molar-refractivity contribution in [3.05, 3.63) is 29.8 Å². The van der Waals surface area contributed by atoms with Crippen LogP contribution in [0.1, 0.15) is 12.5 Å². The smallest absolute Gasteiger partial charge is 0.331 e. The summed E-state index contributed by atoms with van der Waals surface area (Å²) in [5, 5.41) is 18.1. The van der Waals surface area contributed by atoms with E-state index in [4.69, 9.17) is 15.9 Å². The van der Waals surface area contributed by atoms with Gasteiger partial charge in [0.2, 0.25) is 0 Å². The Bertz CT molecular complexity index is 381. The molecule has 2 unspecified atom stereocenters. The maximum absolute atomic E-state index is 13.2.